The van der Waals surface area contributed by atoms with Gasteiger partial charge < -0.3 is 15.0 Å². The van der Waals surface area contributed by atoms with Crippen molar-refractivity contribution in [3.05, 3.63) is 0 Å². The summed E-state index contributed by atoms with van der Waals surface area (Å²) in [7, 11) is 2.26. The molecular formula is C14H28N2O. The number of likely N-dealkylation sites (tertiary alicyclic amines) is 1. The predicted octanol–water partition coefficient (Wildman–Crippen LogP) is 1.88. The molecule has 3 heteroatoms. The van der Waals surface area contributed by atoms with Crippen LogP contribution in [0.1, 0.15) is 39.0 Å². The molecule has 2 fully saturated rings. The number of nitrogens with one attached hydrogen (secondary N) is 1. The van der Waals surface area contributed by atoms with Crippen LogP contribution in [0.25, 0.3) is 0 Å². The van der Waals surface area contributed by atoms with E-state index in [1.807, 2.05) is 0 Å². The van der Waals surface area contributed by atoms with Crippen molar-refractivity contribution in [2.45, 2.75) is 51.1 Å². The van der Waals surface area contributed by atoms with Gasteiger partial charge in [0.05, 0.1) is 0 Å². The highest BCUT2D eigenvalue weighted by Crippen LogP contribution is 2.20. The van der Waals surface area contributed by atoms with E-state index >= 15 is 0 Å². The molecule has 1 N–H and O–H groups in total. The van der Waals surface area contributed by atoms with Gasteiger partial charge in [-0.25, -0.2) is 0 Å². The van der Waals surface area contributed by atoms with Gasteiger partial charge in [0, 0.05) is 25.3 Å². The molecule has 100 valence electrons. The Bertz CT molecular complexity index is 216. The van der Waals surface area contributed by atoms with Crippen molar-refractivity contribution in [3.63, 3.8) is 0 Å². The first-order valence-corrected chi connectivity index (χ1v) is 7.28. The molecule has 0 aromatic heterocycles. The molecule has 2 heterocycles. The minimum atomic E-state index is 0.658. The topological polar surface area (TPSA) is 24.5 Å². The van der Waals surface area contributed by atoms with E-state index in [0.717, 1.165) is 25.2 Å². The van der Waals surface area contributed by atoms with Gasteiger partial charge in [0.2, 0.25) is 0 Å². The second-order valence-electron chi connectivity index (χ2n) is 5.76. The van der Waals surface area contributed by atoms with Crippen molar-refractivity contribution >= 4 is 0 Å². The molecule has 0 aromatic rings. The van der Waals surface area contributed by atoms with Crippen LogP contribution in [0.3, 0.4) is 0 Å². The monoisotopic (exact) mass is 240 g/mol. The minimum absolute atomic E-state index is 0.658. The maximum Gasteiger partial charge on any atom is 0.0469 e. The zero-order valence-corrected chi connectivity index (χ0v) is 11.5. The van der Waals surface area contributed by atoms with Gasteiger partial charge in [0.1, 0.15) is 0 Å². The highest BCUT2D eigenvalue weighted by molar-refractivity contribution is 4.79. The first-order chi connectivity index (χ1) is 8.27. The molecule has 0 radical (unpaired) electrons. The molecule has 2 saturated heterocycles. The third-order valence-electron chi connectivity index (χ3n) is 4.59. The summed E-state index contributed by atoms with van der Waals surface area (Å²) in [5.74, 6) is 0.824. The molecule has 0 aromatic carbocycles. The van der Waals surface area contributed by atoms with Crippen LogP contribution in [-0.4, -0.2) is 50.3 Å². The van der Waals surface area contributed by atoms with Gasteiger partial charge in [-0.1, -0.05) is 0 Å². The molecule has 2 aliphatic rings. The van der Waals surface area contributed by atoms with E-state index < -0.39 is 0 Å². The van der Waals surface area contributed by atoms with Crippen LogP contribution < -0.4 is 5.32 Å². The second-order valence-corrected chi connectivity index (χ2v) is 5.76. The van der Waals surface area contributed by atoms with Gasteiger partial charge in [0.25, 0.3) is 0 Å². The van der Waals surface area contributed by atoms with Crippen LogP contribution in [0.15, 0.2) is 0 Å². The third-order valence-corrected chi connectivity index (χ3v) is 4.59. The Balaban J connectivity index is 1.60. The lowest BCUT2D eigenvalue weighted by Crippen LogP contribution is -2.39. The summed E-state index contributed by atoms with van der Waals surface area (Å²) in [5.41, 5.74) is 0. The van der Waals surface area contributed by atoms with Crippen LogP contribution in [0.2, 0.25) is 0 Å². The smallest absolute Gasteiger partial charge is 0.0469 e. The lowest BCUT2D eigenvalue weighted by atomic mass is 9.93. The lowest BCUT2D eigenvalue weighted by Gasteiger charge is -2.29. The molecule has 0 bridgehead atoms. The van der Waals surface area contributed by atoms with Gasteiger partial charge in [-0.2, -0.15) is 0 Å². The van der Waals surface area contributed by atoms with E-state index in [1.54, 1.807) is 0 Å². The Kier molecular flexibility index (Phi) is 5.26. The summed E-state index contributed by atoms with van der Waals surface area (Å²) in [4.78, 5) is 2.51. The number of hydrogen-bond acceptors (Lipinski definition) is 3. The number of hydrogen-bond donors (Lipinski definition) is 1. The molecule has 0 unspecified atom stereocenters. The molecule has 0 saturated carbocycles. The Morgan fingerprint density at radius 3 is 2.71 bits per heavy atom. The van der Waals surface area contributed by atoms with Gasteiger partial charge in [0.15, 0.2) is 0 Å². The van der Waals surface area contributed by atoms with Crippen molar-refractivity contribution in [1.82, 2.24) is 10.2 Å². The van der Waals surface area contributed by atoms with E-state index in [9.17, 15) is 0 Å². The van der Waals surface area contributed by atoms with Gasteiger partial charge in [-0.05, 0) is 65.1 Å². The summed E-state index contributed by atoms with van der Waals surface area (Å²) in [6.45, 7) is 6.73. The molecular weight excluding hydrogens is 212 g/mol. The molecule has 2 rings (SSSR count). The largest absolute Gasteiger partial charge is 0.381 e. The summed E-state index contributed by atoms with van der Waals surface area (Å²) < 4.78 is 5.42. The van der Waals surface area contributed by atoms with E-state index in [1.165, 1.54) is 45.2 Å². The van der Waals surface area contributed by atoms with E-state index in [4.69, 9.17) is 4.74 Å². The summed E-state index contributed by atoms with van der Waals surface area (Å²) in [6.07, 6.45) is 6.56. The fourth-order valence-corrected chi connectivity index (χ4v) is 3.20. The summed E-state index contributed by atoms with van der Waals surface area (Å²) in [5, 5.41) is 3.72. The Morgan fingerprint density at radius 1 is 1.29 bits per heavy atom. The highest BCUT2D eigenvalue weighted by Gasteiger charge is 2.22. The maximum atomic E-state index is 5.42. The van der Waals surface area contributed by atoms with Crippen LogP contribution in [0.4, 0.5) is 0 Å². The van der Waals surface area contributed by atoms with E-state index in [0.29, 0.717) is 6.04 Å². The van der Waals surface area contributed by atoms with E-state index in [2.05, 4.69) is 24.2 Å². The van der Waals surface area contributed by atoms with Gasteiger partial charge in [-0.3, -0.25) is 0 Å². The Morgan fingerprint density at radius 2 is 2.06 bits per heavy atom. The molecule has 2 aliphatic heterocycles. The van der Waals surface area contributed by atoms with Crippen LogP contribution in [0, 0.1) is 5.92 Å². The molecule has 0 spiro atoms. The molecule has 0 aliphatic carbocycles. The first-order valence-electron chi connectivity index (χ1n) is 7.28. The quantitative estimate of drug-likeness (QED) is 0.794. The predicted molar refractivity (Wildman–Crippen MR) is 71.3 cm³/mol. The summed E-state index contributed by atoms with van der Waals surface area (Å²) >= 11 is 0. The van der Waals surface area contributed by atoms with Crippen LogP contribution in [0.5, 0.6) is 0 Å². The van der Waals surface area contributed by atoms with Crippen molar-refractivity contribution in [3.8, 4) is 0 Å². The fourth-order valence-electron chi connectivity index (χ4n) is 3.20. The number of ether oxygens (including phenoxy) is 1. The maximum absolute atomic E-state index is 5.42. The average molecular weight is 240 g/mol. The average Bonchev–Trinajstić information content (AvgIpc) is 2.76. The number of rotatable bonds is 5. The molecule has 2 atom stereocenters. The normalized spacial score (nSPS) is 29.6. The van der Waals surface area contributed by atoms with Crippen molar-refractivity contribution in [1.29, 1.82) is 0 Å². The van der Waals surface area contributed by atoms with Crippen molar-refractivity contribution < 1.29 is 4.74 Å². The zero-order chi connectivity index (χ0) is 12.1. The van der Waals surface area contributed by atoms with Crippen LogP contribution in [-0.2, 0) is 4.74 Å². The van der Waals surface area contributed by atoms with Crippen molar-refractivity contribution in [2.75, 3.05) is 33.4 Å². The van der Waals surface area contributed by atoms with Gasteiger partial charge >= 0.3 is 0 Å². The lowest BCUT2D eigenvalue weighted by molar-refractivity contribution is 0.0558. The molecule has 17 heavy (non-hydrogen) atoms. The van der Waals surface area contributed by atoms with Crippen LogP contribution >= 0.6 is 0 Å². The fraction of sp³-hybridized carbons (Fsp3) is 1.00. The molecule has 3 nitrogen and oxygen atoms in total. The first kappa shape index (κ1) is 13.3. The summed E-state index contributed by atoms with van der Waals surface area (Å²) in [6, 6.07) is 1.48. The Hall–Kier alpha value is -0.120. The number of nitrogens with zero attached hydrogens (tertiary/aromatic N) is 1. The standard InChI is InChI=1S/C14H28N2O/c1-12(13-6-10-17-11-7-13)15-8-5-14-4-3-9-16(14)2/h12-15H,3-11H2,1-2H3/t12-,14-/m0/s1. The zero-order valence-electron chi connectivity index (χ0n) is 11.5. The third kappa shape index (κ3) is 3.94. The van der Waals surface area contributed by atoms with Gasteiger partial charge in [-0.15, -0.1) is 0 Å². The van der Waals surface area contributed by atoms with Crippen molar-refractivity contribution in [2.24, 2.45) is 5.92 Å². The van der Waals surface area contributed by atoms with E-state index in [-0.39, 0.29) is 0 Å². The highest BCUT2D eigenvalue weighted by atomic mass is 16.5. The SMILES string of the molecule is C[C@H](NCC[C@@H]1CCCN1C)C1CCOCC1. The second kappa shape index (κ2) is 6.72. The minimum Gasteiger partial charge on any atom is -0.381 e. The Labute approximate surface area is 106 Å². The molecule has 0 amide bonds.